The van der Waals surface area contributed by atoms with E-state index in [1.807, 2.05) is 29.4 Å². The number of benzene rings is 2. The number of anilines is 2. The van der Waals surface area contributed by atoms with Crippen molar-refractivity contribution in [3.05, 3.63) is 82.8 Å². The van der Waals surface area contributed by atoms with Gasteiger partial charge in [-0.1, -0.05) is 18.2 Å². The second-order valence-electron chi connectivity index (χ2n) is 19.6. The number of rotatable bonds is 9. The van der Waals surface area contributed by atoms with E-state index in [0.29, 0.717) is 50.1 Å². The van der Waals surface area contributed by atoms with Crippen molar-refractivity contribution in [2.75, 3.05) is 75.2 Å². The molecule has 8 heterocycles. The average Bonchev–Trinajstić information content (AvgIpc) is 3.80. The van der Waals surface area contributed by atoms with Crippen LogP contribution in [0.3, 0.4) is 0 Å². The molecule has 1 spiro atoms. The fourth-order valence-electron chi connectivity index (χ4n) is 11.3. The van der Waals surface area contributed by atoms with E-state index in [4.69, 9.17) is 9.97 Å². The number of aromatic nitrogens is 3. The first kappa shape index (κ1) is 41.6. The Bertz CT molecular complexity index is 2410. The molecular weight excluding hydrogens is 800 g/mol. The lowest BCUT2D eigenvalue weighted by Crippen LogP contribution is -2.53. The van der Waals surface area contributed by atoms with Crippen molar-refractivity contribution in [3.8, 4) is 0 Å². The van der Waals surface area contributed by atoms with Crippen LogP contribution < -0.4 is 15.1 Å². The molecule has 6 aliphatic heterocycles. The van der Waals surface area contributed by atoms with Crippen LogP contribution in [0.4, 0.5) is 16.0 Å². The first-order valence-corrected chi connectivity index (χ1v) is 23.0. The molecule has 0 aliphatic carbocycles. The summed E-state index contributed by atoms with van der Waals surface area (Å²) < 4.78 is 15.3. The van der Waals surface area contributed by atoms with Crippen molar-refractivity contribution in [2.24, 2.45) is 5.41 Å². The Balaban J connectivity index is 0.701. The summed E-state index contributed by atoms with van der Waals surface area (Å²) in [4.78, 5) is 77.0. The molecular formula is C48H59FN10O4. The summed E-state index contributed by atoms with van der Waals surface area (Å²) in [7, 11) is 0. The van der Waals surface area contributed by atoms with E-state index < -0.39 is 17.6 Å². The molecule has 4 fully saturated rings. The number of fused-ring (bicyclic) bond motifs is 4. The maximum Gasteiger partial charge on any atom is 0.255 e. The van der Waals surface area contributed by atoms with Gasteiger partial charge in [-0.15, -0.1) is 0 Å². The monoisotopic (exact) mass is 858 g/mol. The Morgan fingerprint density at radius 2 is 1.62 bits per heavy atom. The lowest BCUT2D eigenvalue weighted by Gasteiger charge is -2.47. The molecule has 63 heavy (non-hydrogen) atoms. The Hall–Kier alpha value is -5.41. The predicted octanol–water partition coefficient (Wildman–Crippen LogP) is 4.83. The van der Waals surface area contributed by atoms with Crippen molar-refractivity contribution in [1.82, 2.24) is 39.9 Å². The number of carbonyl (C=O) groups is 4. The molecule has 10 rings (SSSR count). The third-order valence-electron chi connectivity index (χ3n) is 15.0. The molecule has 15 heteroatoms. The second-order valence-corrected chi connectivity index (χ2v) is 19.6. The van der Waals surface area contributed by atoms with Gasteiger partial charge in [-0.25, -0.2) is 14.4 Å². The highest BCUT2D eigenvalue weighted by Gasteiger charge is 2.42. The van der Waals surface area contributed by atoms with Gasteiger partial charge in [-0.2, -0.15) is 0 Å². The minimum Gasteiger partial charge on any atom is -0.360 e. The number of para-hydroxylation sites is 1. The van der Waals surface area contributed by atoms with Crippen LogP contribution in [-0.4, -0.2) is 141 Å². The van der Waals surface area contributed by atoms with E-state index in [-0.39, 0.29) is 42.8 Å². The highest BCUT2D eigenvalue weighted by Crippen LogP contribution is 2.44. The highest BCUT2D eigenvalue weighted by atomic mass is 19.1. The Morgan fingerprint density at radius 3 is 2.35 bits per heavy atom. The van der Waals surface area contributed by atoms with Crippen molar-refractivity contribution in [2.45, 2.75) is 96.1 Å². The van der Waals surface area contributed by atoms with Gasteiger partial charge in [0, 0.05) is 111 Å². The molecule has 0 radical (unpaired) electrons. The molecule has 4 amide bonds. The molecule has 4 saturated heterocycles. The SMILES string of the molecule is C[C@@H]1Cc2c([nH]c3ccccc23)[C@@H](c2cnc(N3CCC4(CCN(CCN5CCN(c6ccc7c(c6)CN(C6CCC(=O)NC6=O)C7=O)CC5=O)CC4)CC3)nc2)N1CC(C)(C)F. The number of amides is 4. The van der Waals surface area contributed by atoms with Crippen molar-refractivity contribution >= 4 is 46.2 Å². The summed E-state index contributed by atoms with van der Waals surface area (Å²) in [6, 6.07) is 13.4. The van der Waals surface area contributed by atoms with Gasteiger partial charge in [0.2, 0.25) is 23.7 Å². The lowest BCUT2D eigenvalue weighted by atomic mass is 9.71. The number of likely N-dealkylation sites (tertiary alicyclic amines) is 1. The fourth-order valence-corrected chi connectivity index (χ4v) is 11.3. The summed E-state index contributed by atoms with van der Waals surface area (Å²) in [6.07, 6.45) is 9.84. The normalized spacial score (nSPS) is 24.7. The van der Waals surface area contributed by atoms with Crippen LogP contribution >= 0.6 is 0 Å². The summed E-state index contributed by atoms with van der Waals surface area (Å²) >= 11 is 0. The van der Waals surface area contributed by atoms with Gasteiger partial charge in [0.1, 0.15) is 11.7 Å². The molecule has 0 saturated carbocycles. The van der Waals surface area contributed by atoms with Gasteiger partial charge in [0.25, 0.3) is 5.91 Å². The maximum absolute atomic E-state index is 15.3. The Morgan fingerprint density at radius 1 is 0.873 bits per heavy atom. The van der Waals surface area contributed by atoms with Crippen molar-refractivity contribution < 1.29 is 23.6 Å². The molecule has 1 unspecified atom stereocenters. The first-order valence-electron chi connectivity index (χ1n) is 23.0. The van der Waals surface area contributed by atoms with E-state index in [9.17, 15) is 19.2 Å². The zero-order valence-electron chi connectivity index (χ0n) is 36.7. The number of H-pyrrole nitrogens is 1. The van der Waals surface area contributed by atoms with Crippen LogP contribution in [0, 0.1) is 5.41 Å². The van der Waals surface area contributed by atoms with Crippen LogP contribution in [0.5, 0.6) is 0 Å². The average molecular weight is 859 g/mol. The zero-order valence-corrected chi connectivity index (χ0v) is 36.7. The number of aromatic amines is 1. The fraction of sp³-hybridized carbons (Fsp3) is 0.542. The van der Waals surface area contributed by atoms with E-state index in [0.717, 1.165) is 98.8 Å². The number of alkyl halides is 1. The van der Waals surface area contributed by atoms with Crippen LogP contribution in [0.25, 0.3) is 10.9 Å². The van der Waals surface area contributed by atoms with Gasteiger partial charge < -0.3 is 29.5 Å². The number of hydrogen-bond donors (Lipinski definition) is 2. The molecule has 2 N–H and O–H groups in total. The molecule has 14 nitrogen and oxygen atoms in total. The topological polar surface area (TPSA) is 141 Å². The number of piperidine rings is 3. The van der Waals surface area contributed by atoms with E-state index in [1.54, 1.807) is 24.8 Å². The van der Waals surface area contributed by atoms with Crippen LogP contribution in [0.15, 0.2) is 54.9 Å². The van der Waals surface area contributed by atoms with Gasteiger partial charge in [-0.05, 0) is 113 Å². The van der Waals surface area contributed by atoms with Gasteiger partial charge >= 0.3 is 0 Å². The molecule has 0 bridgehead atoms. The molecule has 2 aromatic heterocycles. The van der Waals surface area contributed by atoms with Crippen molar-refractivity contribution in [1.29, 1.82) is 0 Å². The quantitative estimate of drug-likeness (QED) is 0.225. The molecule has 332 valence electrons. The van der Waals surface area contributed by atoms with Gasteiger partial charge in [-0.3, -0.25) is 29.4 Å². The number of carbonyl (C=O) groups excluding carboxylic acids is 4. The molecule has 6 aliphatic rings. The molecule has 2 aromatic carbocycles. The third kappa shape index (κ3) is 8.07. The first-order chi connectivity index (χ1) is 30.3. The van der Waals surface area contributed by atoms with Crippen LogP contribution in [0.2, 0.25) is 0 Å². The number of nitrogens with one attached hydrogen (secondary N) is 2. The van der Waals surface area contributed by atoms with Crippen LogP contribution in [0.1, 0.15) is 98.1 Å². The second kappa shape index (κ2) is 16.3. The van der Waals surface area contributed by atoms with E-state index >= 15 is 4.39 Å². The van der Waals surface area contributed by atoms with Gasteiger partial charge in [0.15, 0.2) is 0 Å². The summed E-state index contributed by atoms with van der Waals surface area (Å²) in [5.41, 5.74) is 5.79. The Labute approximate surface area is 368 Å². The van der Waals surface area contributed by atoms with E-state index in [2.05, 4.69) is 61.1 Å². The highest BCUT2D eigenvalue weighted by molar-refractivity contribution is 6.05. The number of hydrogen-bond acceptors (Lipinski definition) is 10. The zero-order chi connectivity index (χ0) is 43.6. The largest absolute Gasteiger partial charge is 0.360 e. The minimum absolute atomic E-state index is 0.107. The standard InChI is InChI=1S/C48H59FN10O4/c1-31-24-37-36-6-4-5-7-38(36)52-42(37)43(59(31)30-47(2,3)49)33-26-50-46(51-27-33)56-18-14-48(15-19-56)12-16-54(17-13-48)20-21-55-22-23-57(29-41(55)61)34-8-9-35-32(25-34)28-58(45(35)63)39-10-11-40(60)53-44(39)62/h4-9,25-27,31,39,43,52H,10-24,28-30H2,1-3H3,(H,53,60,62)/t31-,39?,43-/m1/s1. The summed E-state index contributed by atoms with van der Waals surface area (Å²) in [6.45, 7) is 13.3. The minimum atomic E-state index is -1.35. The predicted molar refractivity (Wildman–Crippen MR) is 238 cm³/mol. The maximum atomic E-state index is 15.3. The van der Waals surface area contributed by atoms with Crippen molar-refractivity contribution in [3.63, 3.8) is 0 Å². The number of imide groups is 1. The summed E-state index contributed by atoms with van der Waals surface area (Å²) in [5.74, 6) is -0.0459. The molecule has 3 atom stereocenters. The number of halogens is 1. The lowest BCUT2D eigenvalue weighted by molar-refractivity contribution is -0.137. The summed E-state index contributed by atoms with van der Waals surface area (Å²) in [5, 5.41) is 3.59. The van der Waals surface area contributed by atoms with E-state index in [1.165, 1.54) is 10.9 Å². The van der Waals surface area contributed by atoms with Gasteiger partial charge in [0.05, 0.1) is 12.6 Å². The van der Waals surface area contributed by atoms with Crippen LogP contribution in [-0.2, 0) is 27.3 Å². The smallest absolute Gasteiger partial charge is 0.255 e. The molecule has 4 aromatic rings. The number of nitrogens with zero attached hydrogens (tertiary/aromatic N) is 8. The number of piperazine rings is 1. The third-order valence-corrected chi connectivity index (χ3v) is 15.0. The Kier molecular flexibility index (Phi) is 10.8.